The molecule has 0 aliphatic rings. The smallest absolute Gasteiger partial charge is 0.289 e. The van der Waals surface area contributed by atoms with E-state index in [1.165, 1.54) is 6.26 Å². The second-order valence-corrected chi connectivity index (χ2v) is 3.31. The van der Waals surface area contributed by atoms with Crippen molar-refractivity contribution in [2.75, 3.05) is 12.3 Å². The Bertz CT molecular complexity index is 292. The third-order valence-corrected chi connectivity index (χ3v) is 1.57. The predicted molar refractivity (Wildman–Crippen MR) is 50.3 cm³/mol. The summed E-state index contributed by atoms with van der Waals surface area (Å²) in [6, 6.07) is 1.56. The monoisotopic (exact) mass is 182 g/mol. The number of furan rings is 1. The van der Waals surface area contributed by atoms with Gasteiger partial charge in [0.25, 0.3) is 5.91 Å². The molecule has 0 saturated heterocycles. The Morgan fingerprint density at radius 1 is 1.69 bits per heavy atom. The average Bonchev–Trinajstić information content (AvgIpc) is 2.47. The highest BCUT2D eigenvalue weighted by molar-refractivity contribution is 5.96. The summed E-state index contributed by atoms with van der Waals surface area (Å²) in [6.07, 6.45) is 1.40. The molecule has 0 radical (unpaired) electrons. The Hall–Kier alpha value is -1.45. The van der Waals surface area contributed by atoms with E-state index >= 15 is 0 Å². The zero-order chi connectivity index (χ0) is 9.84. The van der Waals surface area contributed by atoms with E-state index in [0.29, 0.717) is 18.2 Å². The molecule has 13 heavy (non-hydrogen) atoms. The molecule has 4 nitrogen and oxygen atoms in total. The minimum Gasteiger partial charge on any atom is -0.457 e. The summed E-state index contributed by atoms with van der Waals surface area (Å²) in [5.41, 5.74) is 5.87. The molecule has 0 aromatic carbocycles. The molecule has 1 rings (SSSR count). The maximum Gasteiger partial charge on any atom is 0.289 e. The van der Waals surface area contributed by atoms with E-state index in [1.54, 1.807) is 6.07 Å². The Morgan fingerprint density at radius 3 is 2.85 bits per heavy atom. The lowest BCUT2D eigenvalue weighted by Gasteiger charge is -2.05. The zero-order valence-electron chi connectivity index (χ0n) is 7.83. The summed E-state index contributed by atoms with van der Waals surface area (Å²) in [6.45, 7) is 4.66. The van der Waals surface area contributed by atoms with Crippen molar-refractivity contribution in [3.8, 4) is 0 Å². The fraction of sp³-hybridized carbons (Fsp3) is 0.444. The quantitative estimate of drug-likeness (QED) is 0.739. The lowest BCUT2D eigenvalue weighted by Crippen LogP contribution is -2.27. The summed E-state index contributed by atoms with van der Waals surface area (Å²) in [4.78, 5) is 11.3. The van der Waals surface area contributed by atoms with Crippen molar-refractivity contribution in [1.29, 1.82) is 0 Å². The molecular formula is C9H14N2O2. The van der Waals surface area contributed by atoms with Gasteiger partial charge in [0.15, 0.2) is 0 Å². The first-order valence-electron chi connectivity index (χ1n) is 4.22. The molecule has 0 aliphatic heterocycles. The van der Waals surface area contributed by atoms with Gasteiger partial charge in [-0.15, -0.1) is 0 Å². The van der Waals surface area contributed by atoms with Crippen LogP contribution in [0.2, 0.25) is 0 Å². The van der Waals surface area contributed by atoms with E-state index in [4.69, 9.17) is 10.2 Å². The van der Waals surface area contributed by atoms with Gasteiger partial charge >= 0.3 is 0 Å². The van der Waals surface area contributed by atoms with Crippen LogP contribution in [0.15, 0.2) is 16.7 Å². The third kappa shape index (κ3) is 2.50. The fourth-order valence-corrected chi connectivity index (χ4v) is 0.881. The van der Waals surface area contributed by atoms with Gasteiger partial charge in [0, 0.05) is 12.6 Å². The molecule has 0 atom stereocenters. The van der Waals surface area contributed by atoms with Crippen LogP contribution in [0.3, 0.4) is 0 Å². The number of amides is 1. The third-order valence-electron chi connectivity index (χ3n) is 1.57. The molecule has 0 unspecified atom stereocenters. The van der Waals surface area contributed by atoms with Crippen LogP contribution >= 0.6 is 0 Å². The molecule has 0 saturated carbocycles. The first-order chi connectivity index (χ1) is 6.11. The van der Waals surface area contributed by atoms with Crippen LogP contribution in [-0.4, -0.2) is 12.5 Å². The zero-order valence-corrected chi connectivity index (χ0v) is 7.83. The SMILES string of the molecule is CC(C)CNC(=O)c1occc1N. The standard InChI is InChI=1S/C9H14N2O2/c1-6(2)5-11-9(12)8-7(10)3-4-13-8/h3-4,6H,5,10H2,1-2H3,(H,11,12). The largest absolute Gasteiger partial charge is 0.457 e. The molecule has 0 spiro atoms. The molecular weight excluding hydrogens is 168 g/mol. The molecule has 1 amide bonds. The van der Waals surface area contributed by atoms with Crippen molar-refractivity contribution in [2.45, 2.75) is 13.8 Å². The van der Waals surface area contributed by atoms with E-state index < -0.39 is 0 Å². The van der Waals surface area contributed by atoms with E-state index in [-0.39, 0.29) is 11.7 Å². The van der Waals surface area contributed by atoms with Gasteiger partial charge in [0.2, 0.25) is 5.76 Å². The highest BCUT2D eigenvalue weighted by atomic mass is 16.3. The number of anilines is 1. The highest BCUT2D eigenvalue weighted by Gasteiger charge is 2.12. The van der Waals surface area contributed by atoms with Gasteiger partial charge in [0.1, 0.15) is 0 Å². The minimum absolute atomic E-state index is 0.195. The normalized spacial score (nSPS) is 10.4. The number of hydrogen-bond acceptors (Lipinski definition) is 3. The minimum atomic E-state index is -0.254. The average molecular weight is 182 g/mol. The summed E-state index contributed by atoms with van der Waals surface area (Å²) >= 11 is 0. The van der Waals surface area contributed by atoms with Gasteiger partial charge in [-0.2, -0.15) is 0 Å². The summed E-state index contributed by atoms with van der Waals surface area (Å²) in [5, 5.41) is 2.71. The van der Waals surface area contributed by atoms with E-state index in [2.05, 4.69) is 5.32 Å². The molecule has 4 heteroatoms. The van der Waals surface area contributed by atoms with Gasteiger partial charge in [-0.25, -0.2) is 0 Å². The van der Waals surface area contributed by atoms with Crippen LogP contribution in [0.25, 0.3) is 0 Å². The second kappa shape index (κ2) is 3.98. The van der Waals surface area contributed by atoms with E-state index in [1.807, 2.05) is 13.8 Å². The molecule has 1 aromatic heterocycles. The highest BCUT2D eigenvalue weighted by Crippen LogP contribution is 2.11. The van der Waals surface area contributed by atoms with Gasteiger partial charge in [0.05, 0.1) is 12.0 Å². The maximum absolute atomic E-state index is 11.3. The molecule has 3 N–H and O–H groups in total. The second-order valence-electron chi connectivity index (χ2n) is 3.31. The predicted octanol–water partition coefficient (Wildman–Crippen LogP) is 1.25. The summed E-state index contributed by atoms with van der Waals surface area (Å²) in [7, 11) is 0. The Labute approximate surface area is 77.1 Å². The van der Waals surface area contributed by atoms with Crippen molar-refractivity contribution in [1.82, 2.24) is 5.32 Å². The lowest BCUT2D eigenvalue weighted by molar-refractivity contribution is 0.0922. The number of carbonyl (C=O) groups is 1. The number of nitrogens with one attached hydrogen (secondary N) is 1. The maximum atomic E-state index is 11.3. The van der Waals surface area contributed by atoms with Crippen molar-refractivity contribution < 1.29 is 9.21 Å². The van der Waals surface area contributed by atoms with Crippen molar-refractivity contribution >= 4 is 11.6 Å². The number of carbonyl (C=O) groups excluding carboxylic acids is 1. The Balaban J connectivity index is 2.54. The van der Waals surface area contributed by atoms with Crippen LogP contribution in [0.4, 0.5) is 5.69 Å². The Kier molecular flexibility index (Phi) is 2.95. The molecule has 0 aliphatic carbocycles. The van der Waals surface area contributed by atoms with Gasteiger partial charge in [-0.05, 0) is 5.92 Å². The number of rotatable bonds is 3. The van der Waals surface area contributed by atoms with Gasteiger partial charge < -0.3 is 15.5 Å². The van der Waals surface area contributed by atoms with Crippen LogP contribution in [0.1, 0.15) is 24.4 Å². The first-order valence-corrected chi connectivity index (χ1v) is 4.22. The lowest BCUT2D eigenvalue weighted by atomic mass is 10.2. The van der Waals surface area contributed by atoms with E-state index in [0.717, 1.165) is 0 Å². The van der Waals surface area contributed by atoms with Crippen LogP contribution in [0, 0.1) is 5.92 Å². The van der Waals surface area contributed by atoms with Crippen molar-refractivity contribution in [2.24, 2.45) is 5.92 Å². The van der Waals surface area contributed by atoms with Crippen LogP contribution in [0.5, 0.6) is 0 Å². The summed E-state index contributed by atoms with van der Waals surface area (Å²) < 4.78 is 4.92. The van der Waals surface area contributed by atoms with E-state index in [9.17, 15) is 4.79 Å². The molecule has 0 bridgehead atoms. The fourth-order valence-electron chi connectivity index (χ4n) is 0.881. The number of nitrogens with two attached hydrogens (primary N) is 1. The number of hydrogen-bond donors (Lipinski definition) is 2. The van der Waals surface area contributed by atoms with Crippen molar-refractivity contribution in [3.05, 3.63) is 18.1 Å². The van der Waals surface area contributed by atoms with Crippen molar-refractivity contribution in [3.63, 3.8) is 0 Å². The van der Waals surface area contributed by atoms with Crippen LogP contribution < -0.4 is 11.1 Å². The van der Waals surface area contributed by atoms with Gasteiger partial charge in [-0.3, -0.25) is 4.79 Å². The molecule has 0 fully saturated rings. The molecule has 1 aromatic rings. The van der Waals surface area contributed by atoms with Gasteiger partial charge in [-0.1, -0.05) is 13.8 Å². The molecule has 1 heterocycles. The topological polar surface area (TPSA) is 68.3 Å². The summed E-state index contributed by atoms with van der Waals surface area (Å²) in [5.74, 6) is 0.358. The number of nitrogen functional groups attached to an aromatic ring is 1. The molecule has 72 valence electrons. The first kappa shape index (κ1) is 9.64. The Morgan fingerprint density at radius 2 is 2.38 bits per heavy atom. The van der Waals surface area contributed by atoms with Crippen LogP contribution in [-0.2, 0) is 0 Å².